The van der Waals surface area contributed by atoms with E-state index < -0.39 is 6.17 Å². The molecule has 7 heterocycles. The minimum atomic E-state index is -1.06. The number of nitrogens with one attached hydrogen (secondary N) is 2. The van der Waals surface area contributed by atoms with Crippen LogP contribution < -0.4 is 16.4 Å². The van der Waals surface area contributed by atoms with E-state index >= 15 is 0 Å². The molecular formula is C26H25FN10. The number of nitrogens with zero attached hydrogens (tertiary/aromatic N) is 7. The smallest absolute Gasteiger partial charge is 0.153 e. The van der Waals surface area contributed by atoms with Crippen molar-refractivity contribution in [2.75, 3.05) is 22.9 Å². The summed E-state index contributed by atoms with van der Waals surface area (Å²) in [5, 5.41) is 13.0. The molecule has 10 nitrogen and oxygen atoms in total. The molecular weight excluding hydrogens is 471 g/mol. The SMILES string of the molecule is Cc1c(-c2cc3cc(Nc4cc5n(n4)Cc4nccn4CC5)ncc3c(N)n2)cnc2c1NCC[C@H]2F. The van der Waals surface area contributed by atoms with E-state index in [1.165, 1.54) is 0 Å². The lowest BCUT2D eigenvalue weighted by molar-refractivity contribution is 0.317. The Kier molecular flexibility index (Phi) is 4.85. The van der Waals surface area contributed by atoms with Crippen LogP contribution in [0.25, 0.3) is 22.0 Å². The number of halogens is 1. The monoisotopic (exact) mass is 496 g/mol. The summed E-state index contributed by atoms with van der Waals surface area (Å²) in [6.07, 6.45) is 7.48. The van der Waals surface area contributed by atoms with Gasteiger partial charge in [0.05, 0.1) is 23.6 Å². The number of nitrogen functional groups attached to an aromatic ring is 1. The van der Waals surface area contributed by atoms with Gasteiger partial charge in [-0.3, -0.25) is 9.67 Å². The molecule has 0 radical (unpaired) electrons. The maximum absolute atomic E-state index is 14.4. The molecule has 7 rings (SSSR count). The standard InChI is InChI=1S/C26H25FN10/c1-14-17(11-32-25-19(27)2-4-30-24(14)25)20-8-15-9-21(31-12-18(15)26(28)33-20)34-22-10-16-3-6-36-7-5-29-23(36)13-37(16)35-22/h5,7-12,19,30H,2-4,6,13H2,1H3,(H2,28,33)(H,31,34,35)/t19-/m1/s1. The third-order valence-corrected chi connectivity index (χ3v) is 7.21. The fourth-order valence-corrected chi connectivity index (χ4v) is 5.23. The Labute approximate surface area is 211 Å². The highest BCUT2D eigenvalue weighted by molar-refractivity contribution is 5.95. The quantitative estimate of drug-likeness (QED) is 0.340. The first-order valence-electron chi connectivity index (χ1n) is 12.3. The van der Waals surface area contributed by atoms with Gasteiger partial charge in [-0.2, -0.15) is 5.10 Å². The van der Waals surface area contributed by atoms with E-state index in [1.54, 1.807) is 12.4 Å². The second kappa shape index (κ2) is 8.26. The van der Waals surface area contributed by atoms with Crippen molar-refractivity contribution >= 4 is 33.9 Å². The maximum Gasteiger partial charge on any atom is 0.153 e. The summed E-state index contributed by atoms with van der Waals surface area (Å²) in [5.74, 6) is 2.76. The second-order valence-corrected chi connectivity index (χ2v) is 9.51. The zero-order valence-corrected chi connectivity index (χ0v) is 20.2. The van der Waals surface area contributed by atoms with Crippen LogP contribution in [0.4, 0.5) is 27.5 Å². The van der Waals surface area contributed by atoms with Gasteiger partial charge in [0, 0.05) is 73.4 Å². The van der Waals surface area contributed by atoms with Gasteiger partial charge in [-0.1, -0.05) is 0 Å². The van der Waals surface area contributed by atoms with Crippen molar-refractivity contribution in [1.29, 1.82) is 0 Å². The van der Waals surface area contributed by atoms with Crippen LogP contribution in [0.3, 0.4) is 0 Å². The molecule has 0 amide bonds. The van der Waals surface area contributed by atoms with Gasteiger partial charge in [0.15, 0.2) is 5.82 Å². The van der Waals surface area contributed by atoms with Crippen LogP contribution in [0, 0.1) is 6.92 Å². The molecule has 0 spiro atoms. The third kappa shape index (κ3) is 3.65. The van der Waals surface area contributed by atoms with Gasteiger partial charge in [0.2, 0.25) is 0 Å². The lowest BCUT2D eigenvalue weighted by Crippen LogP contribution is -2.17. The van der Waals surface area contributed by atoms with Gasteiger partial charge < -0.3 is 20.9 Å². The molecule has 2 aliphatic heterocycles. The number of nitrogens with two attached hydrogens (primary N) is 1. The number of imidazole rings is 1. The molecule has 0 saturated carbocycles. The van der Waals surface area contributed by atoms with E-state index in [1.807, 2.05) is 36.1 Å². The van der Waals surface area contributed by atoms with Gasteiger partial charge in [0.25, 0.3) is 0 Å². The van der Waals surface area contributed by atoms with Gasteiger partial charge in [-0.15, -0.1) is 0 Å². The minimum Gasteiger partial charge on any atom is -0.383 e. The predicted molar refractivity (Wildman–Crippen MR) is 139 cm³/mol. The molecule has 0 aliphatic carbocycles. The Morgan fingerprint density at radius 2 is 2.05 bits per heavy atom. The second-order valence-electron chi connectivity index (χ2n) is 9.51. The Bertz CT molecular complexity index is 1670. The highest BCUT2D eigenvalue weighted by atomic mass is 19.1. The fraction of sp³-hybridized carbons (Fsp3) is 0.269. The minimum absolute atomic E-state index is 0.379. The first-order valence-corrected chi connectivity index (χ1v) is 12.3. The van der Waals surface area contributed by atoms with E-state index in [2.05, 4.69) is 41.2 Å². The molecule has 5 aromatic heterocycles. The van der Waals surface area contributed by atoms with Crippen LogP contribution in [0.5, 0.6) is 0 Å². The molecule has 1 atom stereocenters. The summed E-state index contributed by atoms with van der Waals surface area (Å²) >= 11 is 0. The highest BCUT2D eigenvalue weighted by Gasteiger charge is 2.24. The molecule has 5 aromatic rings. The molecule has 0 aromatic carbocycles. The van der Waals surface area contributed by atoms with E-state index in [0.29, 0.717) is 42.5 Å². The van der Waals surface area contributed by atoms with Crippen LogP contribution in [0.1, 0.15) is 35.4 Å². The average molecular weight is 497 g/mol. The van der Waals surface area contributed by atoms with Crippen molar-refractivity contribution in [2.45, 2.75) is 39.0 Å². The van der Waals surface area contributed by atoms with Crippen LogP contribution in [-0.4, -0.2) is 40.8 Å². The first-order chi connectivity index (χ1) is 18.0. The van der Waals surface area contributed by atoms with Crippen molar-refractivity contribution in [3.8, 4) is 11.3 Å². The predicted octanol–water partition coefficient (Wildman–Crippen LogP) is 4.15. The molecule has 11 heteroatoms. The zero-order chi connectivity index (χ0) is 25.1. The number of fused-ring (bicyclic) bond motifs is 4. The van der Waals surface area contributed by atoms with Crippen LogP contribution >= 0.6 is 0 Å². The lowest BCUT2D eigenvalue weighted by atomic mass is 9.98. The number of aryl methyl sites for hydroxylation is 2. The number of rotatable bonds is 3. The number of aromatic nitrogens is 7. The van der Waals surface area contributed by atoms with Gasteiger partial charge in [-0.05, 0) is 30.0 Å². The number of pyridine rings is 3. The van der Waals surface area contributed by atoms with Crippen LogP contribution in [0.2, 0.25) is 0 Å². The number of hydrogen-bond acceptors (Lipinski definition) is 8. The fourth-order valence-electron chi connectivity index (χ4n) is 5.23. The summed E-state index contributed by atoms with van der Waals surface area (Å²) < 4.78 is 18.5. The summed E-state index contributed by atoms with van der Waals surface area (Å²) in [6.45, 7) is 4.04. The number of anilines is 4. The molecule has 0 saturated heterocycles. The maximum atomic E-state index is 14.4. The Balaban J connectivity index is 1.22. The molecule has 186 valence electrons. The molecule has 2 aliphatic rings. The Morgan fingerprint density at radius 1 is 1.14 bits per heavy atom. The molecule has 0 unspecified atom stereocenters. The van der Waals surface area contributed by atoms with Gasteiger partial charge >= 0.3 is 0 Å². The molecule has 0 fully saturated rings. The molecule has 4 N–H and O–H groups in total. The van der Waals surface area contributed by atoms with Crippen molar-refractivity contribution in [1.82, 2.24) is 34.3 Å². The molecule has 0 bridgehead atoms. The van der Waals surface area contributed by atoms with Crippen LogP contribution in [0.15, 0.2) is 43.0 Å². The van der Waals surface area contributed by atoms with Crippen molar-refractivity contribution in [2.24, 2.45) is 0 Å². The highest BCUT2D eigenvalue weighted by Crippen LogP contribution is 2.38. The lowest BCUT2D eigenvalue weighted by Gasteiger charge is -2.23. The van der Waals surface area contributed by atoms with Crippen LogP contribution in [-0.2, 0) is 19.5 Å². The third-order valence-electron chi connectivity index (χ3n) is 7.21. The van der Waals surface area contributed by atoms with Crippen molar-refractivity contribution in [3.63, 3.8) is 0 Å². The largest absolute Gasteiger partial charge is 0.383 e. The first kappa shape index (κ1) is 21.7. The molecule has 37 heavy (non-hydrogen) atoms. The zero-order valence-electron chi connectivity index (χ0n) is 20.2. The van der Waals surface area contributed by atoms with Gasteiger partial charge in [-0.25, -0.2) is 19.3 Å². The summed E-state index contributed by atoms with van der Waals surface area (Å²) in [5.41, 5.74) is 11.1. The normalized spacial score (nSPS) is 16.4. The summed E-state index contributed by atoms with van der Waals surface area (Å²) in [6, 6.07) is 5.95. The van der Waals surface area contributed by atoms with Gasteiger partial charge in [0.1, 0.15) is 23.6 Å². The summed E-state index contributed by atoms with van der Waals surface area (Å²) in [7, 11) is 0. The van der Waals surface area contributed by atoms with E-state index in [0.717, 1.165) is 57.9 Å². The number of alkyl halides is 1. The Morgan fingerprint density at radius 3 is 2.97 bits per heavy atom. The van der Waals surface area contributed by atoms with E-state index in [-0.39, 0.29) is 0 Å². The number of hydrogen-bond donors (Lipinski definition) is 3. The topological polar surface area (TPSA) is 124 Å². The van der Waals surface area contributed by atoms with Crippen molar-refractivity contribution < 1.29 is 4.39 Å². The van der Waals surface area contributed by atoms with E-state index in [4.69, 9.17) is 10.8 Å². The van der Waals surface area contributed by atoms with E-state index in [9.17, 15) is 4.39 Å². The average Bonchev–Trinajstić information content (AvgIpc) is 3.46. The summed E-state index contributed by atoms with van der Waals surface area (Å²) in [4.78, 5) is 18.0. The van der Waals surface area contributed by atoms with Crippen molar-refractivity contribution in [3.05, 3.63) is 65.8 Å². The Hall–Kier alpha value is -4.54.